The Morgan fingerprint density at radius 2 is 1.74 bits per heavy atom. The second kappa shape index (κ2) is 11.0. The average molecular weight is 624 g/mol. The van der Waals surface area contributed by atoms with E-state index in [-0.39, 0.29) is 5.11 Å². The summed E-state index contributed by atoms with van der Waals surface area (Å²) in [5.74, 6) is -0.411. The quantitative estimate of drug-likeness (QED) is 0.183. The highest BCUT2D eigenvalue weighted by Crippen LogP contribution is 2.27. The van der Waals surface area contributed by atoms with Gasteiger partial charge in [0.1, 0.15) is 11.0 Å². The van der Waals surface area contributed by atoms with E-state index >= 15 is 0 Å². The second-order valence-electron chi connectivity index (χ2n) is 7.61. The first kappa shape index (κ1) is 24.8. The number of aromatic nitrogens is 3. The molecule has 0 aliphatic carbocycles. The van der Waals surface area contributed by atoms with Crippen LogP contribution in [0.25, 0.3) is 16.7 Å². The highest BCUT2D eigenvalue weighted by Gasteiger charge is 2.15. The maximum Gasteiger partial charge on any atom is 0.258 e. The Hall–Kier alpha value is -2.27. The molecule has 34 heavy (non-hydrogen) atoms. The summed E-state index contributed by atoms with van der Waals surface area (Å²) in [6, 6.07) is 16.8. The van der Waals surface area contributed by atoms with Crippen molar-refractivity contribution in [1.82, 2.24) is 20.3 Å². The standard InChI is InChI=1S/C24H20Cl2IN5OS/c1-2-3-4-14-5-8-16(9-6-14)32-30-21-12-19(26)20(13-22(21)31-32)28-24(34)29-23(33)17-11-15(27)7-10-18(17)25/h5-13H,2-4H2,1H3,(H2,28,29,33,34). The van der Waals surface area contributed by atoms with Crippen LogP contribution in [0.4, 0.5) is 5.69 Å². The molecule has 1 heterocycles. The van der Waals surface area contributed by atoms with Gasteiger partial charge in [-0.1, -0.05) is 48.7 Å². The summed E-state index contributed by atoms with van der Waals surface area (Å²) in [5, 5.41) is 15.5. The van der Waals surface area contributed by atoms with Crippen LogP contribution in [-0.2, 0) is 6.42 Å². The Kier molecular flexibility index (Phi) is 8.02. The van der Waals surface area contributed by atoms with Crippen molar-refractivity contribution >= 4 is 85.8 Å². The van der Waals surface area contributed by atoms with Gasteiger partial charge in [-0.25, -0.2) is 0 Å². The molecule has 1 aromatic heterocycles. The van der Waals surface area contributed by atoms with Crippen molar-refractivity contribution in [2.24, 2.45) is 0 Å². The fourth-order valence-electron chi connectivity index (χ4n) is 3.32. The molecule has 0 aliphatic rings. The number of rotatable bonds is 6. The Bertz CT molecular complexity index is 1370. The molecule has 6 nitrogen and oxygen atoms in total. The minimum Gasteiger partial charge on any atom is -0.331 e. The molecular formula is C24H20Cl2IN5OS. The summed E-state index contributed by atoms with van der Waals surface area (Å²) in [5.41, 5.74) is 4.28. The number of carbonyl (C=O) groups excluding carboxylic acids is 1. The highest BCUT2D eigenvalue weighted by molar-refractivity contribution is 14.1. The van der Waals surface area contributed by atoms with Crippen LogP contribution in [0.15, 0.2) is 54.6 Å². The fraction of sp³-hybridized carbons (Fsp3) is 0.167. The van der Waals surface area contributed by atoms with Crippen LogP contribution in [0.1, 0.15) is 35.7 Å². The van der Waals surface area contributed by atoms with Crippen molar-refractivity contribution in [3.05, 3.63) is 79.3 Å². The second-order valence-corrected chi connectivity index (χ2v) is 10.1. The van der Waals surface area contributed by atoms with E-state index in [1.54, 1.807) is 29.1 Å². The number of hydrogen-bond acceptors (Lipinski definition) is 4. The Balaban J connectivity index is 1.50. The van der Waals surface area contributed by atoms with Crippen LogP contribution in [0.2, 0.25) is 10.0 Å². The predicted molar refractivity (Wildman–Crippen MR) is 150 cm³/mol. The van der Waals surface area contributed by atoms with Crippen LogP contribution < -0.4 is 10.6 Å². The summed E-state index contributed by atoms with van der Waals surface area (Å²) in [6.07, 6.45) is 3.39. The molecule has 4 aromatic rings. The number of thiocarbonyl (C=S) groups is 1. The molecule has 0 atom stereocenters. The minimum absolute atomic E-state index is 0.0937. The normalized spacial score (nSPS) is 10.9. The largest absolute Gasteiger partial charge is 0.331 e. The molecule has 10 heteroatoms. The van der Waals surface area contributed by atoms with Gasteiger partial charge in [0.05, 0.1) is 27.0 Å². The van der Waals surface area contributed by atoms with E-state index in [4.69, 9.17) is 35.4 Å². The predicted octanol–water partition coefficient (Wildman–Crippen LogP) is 6.80. The van der Waals surface area contributed by atoms with Crippen molar-refractivity contribution in [3.8, 4) is 5.69 Å². The maximum atomic E-state index is 12.6. The van der Waals surface area contributed by atoms with Crippen molar-refractivity contribution in [2.45, 2.75) is 26.2 Å². The first-order valence-corrected chi connectivity index (χ1v) is 12.8. The molecule has 0 aliphatic heterocycles. The fourth-order valence-corrected chi connectivity index (χ4v) is 4.42. The molecule has 0 bridgehead atoms. The number of halogens is 3. The smallest absolute Gasteiger partial charge is 0.258 e. The SMILES string of the molecule is CCCCc1ccc(-n2nc3cc(Cl)c(NC(=S)NC(=O)c4cc(I)ccc4Cl)cc3n2)cc1. The summed E-state index contributed by atoms with van der Waals surface area (Å²) in [7, 11) is 0. The third kappa shape index (κ3) is 5.86. The Morgan fingerprint density at radius 1 is 1.03 bits per heavy atom. The summed E-state index contributed by atoms with van der Waals surface area (Å²) in [6.45, 7) is 2.18. The van der Waals surface area contributed by atoms with Crippen LogP contribution >= 0.6 is 58.0 Å². The van der Waals surface area contributed by atoms with Gasteiger partial charge in [0.2, 0.25) is 0 Å². The van der Waals surface area contributed by atoms with Gasteiger partial charge in [-0.2, -0.15) is 4.80 Å². The summed E-state index contributed by atoms with van der Waals surface area (Å²) < 4.78 is 0.887. The molecule has 0 spiro atoms. The van der Waals surface area contributed by atoms with Gasteiger partial charge in [0.15, 0.2) is 5.11 Å². The number of anilines is 1. The van der Waals surface area contributed by atoms with Gasteiger partial charge >= 0.3 is 0 Å². The van der Waals surface area contributed by atoms with E-state index in [2.05, 4.69) is 62.5 Å². The van der Waals surface area contributed by atoms with Crippen LogP contribution in [0.3, 0.4) is 0 Å². The van der Waals surface area contributed by atoms with Crippen molar-refractivity contribution in [1.29, 1.82) is 0 Å². The number of carbonyl (C=O) groups is 1. The molecule has 1 amide bonds. The third-order valence-electron chi connectivity index (χ3n) is 5.10. The molecule has 2 N–H and O–H groups in total. The number of benzene rings is 3. The molecule has 0 saturated heterocycles. The number of unbranched alkanes of at least 4 members (excludes halogenated alkanes) is 1. The molecular weight excluding hydrogens is 604 g/mol. The molecule has 4 rings (SSSR count). The van der Waals surface area contributed by atoms with Gasteiger partial charge in [0, 0.05) is 3.57 Å². The van der Waals surface area contributed by atoms with Crippen molar-refractivity contribution in [2.75, 3.05) is 5.32 Å². The number of fused-ring (bicyclic) bond motifs is 1. The van der Waals surface area contributed by atoms with Gasteiger partial charge < -0.3 is 5.32 Å². The van der Waals surface area contributed by atoms with Crippen LogP contribution in [0.5, 0.6) is 0 Å². The topological polar surface area (TPSA) is 71.8 Å². The Morgan fingerprint density at radius 3 is 2.44 bits per heavy atom. The van der Waals surface area contributed by atoms with Crippen molar-refractivity contribution in [3.63, 3.8) is 0 Å². The molecule has 0 radical (unpaired) electrons. The van der Waals surface area contributed by atoms with E-state index in [1.165, 1.54) is 5.56 Å². The Labute approximate surface area is 226 Å². The molecule has 174 valence electrons. The number of nitrogens with one attached hydrogen (secondary N) is 2. The van der Waals surface area contributed by atoms with Crippen molar-refractivity contribution < 1.29 is 4.79 Å². The van der Waals surface area contributed by atoms with Gasteiger partial charge in [-0.15, -0.1) is 10.2 Å². The van der Waals surface area contributed by atoms with Gasteiger partial charge in [-0.3, -0.25) is 10.1 Å². The first-order valence-electron chi connectivity index (χ1n) is 10.6. The molecule has 0 saturated carbocycles. The number of aryl methyl sites for hydroxylation is 1. The lowest BCUT2D eigenvalue weighted by molar-refractivity contribution is 0.0978. The number of hydrogen-bond donors (Lipinski definition) is 2. The number of nitrogens with zero attached hydrogens (tertiary/aromatic N) is 3. The van der Waals surface area contributed by atoms with Crippen LogP contribution in [-0.4, -0.2) is 26.0 Å². The summed E-state index contributed by atoms with van der Waals surface area (Å²) in [4.78, 5) is 14.1. The zero-order chi connectivity index (χ0) is 24.2. The average Bonchev–Trinajstić information content (AvgIpc) is 3.22. The van der Waals surface area contributed by atoms with E-state index in [0.717, 1.165) is 28.5 Å². The maximum absolute atomic E-state index is 12.6. The van der Waals surface area contributed by atoms with E-state index < -0.39 is 5.91 Å². The lowest BCUT2D eigenvalue weighted by Crippen LogP contribution is -2.34. The molecule has 3 aromatic carbocycles. The van der Waals surface area contributed by atoms with E-state index in [0.29, 0.717) is 32.3 Å². The van der Waals surface area contributed by atoms with E-state index in [1.807, 2.05) is 18.2 Å². The third-order valence-corrected chi connectivity index (χ3v) is 6.62. The lowest BCUT2D eigenvalue weighted by Gasteiger charge is -2.11. The van der Waals surface area contributed by atoms with Crippen LogP contribution in [0, 0.1) is 3.57 Å². The lowest BCUT2D eigenvalue weighted by atomic mass is 10.1. The first-order chi connectivity index (χ1) is 16.3. The number of amides is 1. The summed E-state index contributed by atoms with van der Waals surface area (Å²) >= 11 is 20.0. The van der Waals surface area contributed by atoms with Gasteiger partial charge in [0.25, 0.3) is 5.91 Å². The molecule has 0 unspecified atom stereocenters. The zero-order valence-corrected chi connectivity index (χ0v) is 22.6. The van der Waals surface area contributed by atoms with Gasteiger partial charge in [-0.05, 0) is 95.7 Å². The zero-order valence-electron chi connectivity index (χ0n) is 18.1. The van der Waals surface area contributed by atoms with E-state index in [9.17, 15) is 4.79 Å². The minimum atomic E-state index is -0.411. The molecule has 0 fully saturated rings. The monoisotopic (exact) mass is 623 g/mol. The highest BCUT2D eigenvalue weighted by atomic mass is 127.